The number of amides is 1. The third-order valence-electron chi connectivity index (χ3n) is 4.74. The Morgan fingerprint density at radius 1 is 1.31 bits per heavy atom. The van der Waals surface area contributed by atoms with Crippen molar-refractivity contribution < 1.29 is 9.32 Å². The summed E-state index contributed by atoms with van der Waals surface area (Å²) in [4.78, 5) is 17.0. The van der Waals surface area contributed by atoms with E-state index in [0.717, 1.165) is 46.8 Å². The second kappa shape index (κ2) is 6.63. The summed E-state index contributed by atoms with van der Waals surface area (Å²) in [5.41, 5.74) is 5.81. The Kier molecular flexibility index (Phi) is 4.16. The van der Waals surface area contributed by atoms with Gasteiger partial charge in [-0.2, -0.15) is 0 Å². The Morgan fingerprint density at radius 2 is 2.19 bits per heavy atom. The lowest BCUT2D eigenvalue weighted by molar-refractivity contribution is 0.102. The van der Waals surface area contributed by atoms with Gasteiger partial charge in [-0.15, -0.1) is 0 Å². The van der Waals surface area contributed by atoms with Crippen molar-refractivity contribution >= 4 is 17.4 Å². The number of aryl methyl sites for hydroxylation is 2. The van der Waals surface area contributed by atoms with Crippen molar-refractivity contribution in [3.8, 4) is 0 Å². The summed E-state index contributed by atoms with van der Waals surface area (Å²) < 4.78 is 5.22. The molecule has 2 aromatic heterocycles. The van der Waals surface area contributed by atoms with Crippen LogP contribution in [0.15, 0.2) is 41.1 Å². The molecule has 132 valence electrons. The minimum atomic E-state index is -0.132. The highest BCUT2D eigenvalue weighted by Crippen LogP contribution is 2.26. The fourth-order valence-electron chi connectivity index (χ4n) is 3.35. The van der Waals surface area contributed by atoms with Crippen LogP contribution >= 0.6 is 0 Å². The van der Waals surface area contributed by atoms with Crippen molar-refractivity contribution in [1.29, 1.82) is 0 Å². The zero-order valence-electron chi connectivity index (χ0n) is 14.8. The van der Waals surface area contributed by atoms with E-state index in [4.69, 9.17) is 4.52 Å². The van der Waals surface area contributed by atoms with E-state index in [2.05, 4.69) is 20.8 Å². The molecule has 0 radical (unpaired) electrons. The molecule has 3 aromatic rings. The van der Waals surface area contributed by atoms with Gasteiger partial charge in [0.1, 0.15) is 11.6 Å². The second-order valence-electron chi connectivity index (χ2n) is 6.49. The van der Waals surface area contributed by atoms with Gasteiger partial charge in [0.25, 0.3) is 5.91 Å². The van der Waals surface area contributed by atoms with Crippen molar-refractivity contribution in [2.24, 2.45) is 0 Å². The number of hydrogen-bond donors (Lipinski definition) is 2. The third-order valence-corrected chi connectivity index (χ3v) is 4.74. The van der Waals surface area contributed by atoms with E-state index in [-0.39, 0.29) is 5.91 Å². The van der Waals surface area contributed by atoms with Gasteiger partial charge >= 0.3 is 0 Å². The minimum Gasteiger partial charge on any atom is -0.384 e. The van der Waals surface area contributed by atoms with E-state index >= 15 is 0 Å². The Labute approximate surface area is 151 Å². The molecule has 26 heavy (non-hydrogen) atoms. The molecule has 1 aliphatic rings. The highest BCUT2D eigenvalue weighted by molar-refractivity contribution is 6.06. The molecule has 0 bridgehead atoms. The molecule has 0 saturated heterocycles. The van der Waals surface area contributed by atoms with Crippen LogP contribution in [0.3, 0.4) is 0 Å². The zero-order valence-corrected chi connectivity index (χ0v) is 14.8. The van der Waals surface area contributed by atoms with E-state index in [1.54, 1.807) is 6.20 Å². The number of aromatic nitrogens is 2. The molecule has 0 saturated carbocycles. The quantitative estimate of drug-likeness (QED) is 0.754. The normalized spacial score (nSPS) is 12.5. The lowest BCUT2D eigenvalue weighted by Gasteiger charge is -2.09. The van der Waals surface area contributed by atoms with Gasteiger partial charge in [-0.3, -0.25) is 4.79 Å². The molecule has 6 heteroatoms. The molecular weight excluding hydrogens is 328 g/mol. The molecular formula is C20H20N4O2. The molecule has 1 aliphatic heterocycles. The fourth-order valence-corrected chi connectivity index (χ4v) is 3.35. The lowest BCUT2D eigenvalue weighted by atomic mass is 10.0. The first-order valence-corrected chi connectivity index (χ1v) is 8.65. The zero-order chi connectivity index (χ0) is 18.1. The topological polar surface area (TPSA) is 80.1 Å². The SMILES string of the molecule is Cc1noc(C)c1Cc1ccnc(NC(=O)c2cccc3c2CCN3)c1. The van der Waals surface area contributed by atoms with E-state index in [1.165, 1.54) is 0 Å². The number of benzene rings is 1. The molecule has 1 aromatic carbocycles. The maximum absolute atomic E-state index is 12.7. The molecule has 0 unspecified atom stereocenters. The molecule has 4 rings (SSSR count). The molecule has 1 amide bonds. The van der Waals surface area contributed by atoms with Gasteiger partial charge in [0.2, 0.25) is 0 Å². The number of nitrogens with one attached hydrogen (secondary N) is 2. The Morgan fingerprint density at radius 3 is 3.00 bits per heavy atom. The van der Waals surface area contributed by atoms with Crippen molar-refractivity contribution in [1.82, 2.24) is 10.1 Å². The number of carbonyl (C=O) groups excluding carboxylic acids is 1. The highest BCUT2D eigenvalue weighted by atomic mass is 16.5. The van der Waals surface area contributed by atoms with E-state index in [9.17, 15) is 4.79 Å². The van der Waals surface area contributed by atoms with Crippen LogP contribution < -0.4 is 10.6 Å². The summed E-state index contributed by atoms with van der Waals surface area (Å²) in [6, 6.07) is 9.58. The Balaban J connectivity index is 1.54. The molecule has 6 nitrogen and oxygen atoms in total. The fraction of sp³-hybridized carbons (Fsp3) is 0.250. The molecule has 0 aliphatic carbocycles. The van der Waals surface area contributed by atoms with Gasteiger partial charge < -0.3 is 15.2 Å². The average Bonchev–Trinajstić information content (AvgIpc) is 3.23. The number of rotatable bonds is 4. The van der Waals surface area contributed by atoms with Crippen LogP contribution in [0.1, 0.15) is 38.5 Å². The predicted molar refractivity (Wildman–Crippen MR) is 99.6 cm³/mol. The second-order valence-corrected chi connectivity index (χ2v) is 6.49. The minimum absolute atomic E-state index is 0.132. The van der Waals surface area contributed by atoms with Gasteiger partial charge in [0, 0.05) is 36.0 Å². The average molecular weight is 348 g/mol. The number of hydrogen-bond acceptors (Lipinski definition) is 5. The number of nitrogens with zero attached hydrogens (tertiary/aromatic N) is 2. The van der Waals surface area contributed by atoms with E-state index in [1.807, 2.05) is 44.2 Å². The van der Waals surface area contributed by atoms with Gasteiger partial charge in [-0.25, -0.2) is 4.98 Å². The van der Waals surface area contributed by atoms with Gasteiger partial charge in [-0.05, 0) is 55.7 Å². The molecule has 2 N–H and O–H groups in total. The first-order valence-electron chi connectivity index (χ1n) is 8.65. The van der Waals surface area contributed by atoms with Crippen LogP contribution in [0.2, 0.25) is 0 Å². The summed E-state index contributed by atoms with van der Waals surface area (Å²) in [6.45, 7) is 4.70. The van der Waals surface area contributed by atoms with Crippen LogP contribution in [0.5, 0.6) is 0 Å². The summed E-state index contributed by atoms with van der Waals surface area (Å²) >= 11 is 0. The van der Waals surface area contributed by atoms with Crippen molar-refractivity contribution in [2.45, 2.75) is 26.7 Å². The van der Waals surface area contributed by atoms with Crippen LogP contribution in [0.4, 0.5) is 11.5 Å². The van der Waals surface area contributed by atoms with Crippen LogP contribution in [-0.4, -0.2) is 22.6 Å². The summed E-state index contributed by atoms with van der Waals surface area (Å²) in [5, 5.41) is 10.2. The smallest absolute Gasteiger partial charge is 0.257 e. The third kappa shape index (κ3) is 3.06. The standard InChI is InChI=1S/C20H20N4O2/c1-12-17(13(2)26-24-12)10-14-6-8-22-19(11-14)23-20(25)16-4-3-5-18-15(16)7-9-21-18/h3-6,8,11,21H,7,9-10H2,1-2H3,(H,22,23,25). The number of anilines is 2. The summed E-state index contributed by atoms with van der Waals surface area (Å²) in [7, 11) is 0. The number of fused-ring (bicyclic) bond motifs is 1. The monoisotopic (exact) mass is 348 g/mol. The summed E-state index contributed by atoms with van der Waals surface area (Å²) in [5.74, 6) is 1.23. The molecule has 0 atom stereocenters. The first-order chi connectivity index (χ1) is 12.6. The number of pyridine rings is 1. The lowest BCUT2D eigenvalue weighted by Crippen LogP contribution is -2.15. The largest absolute Gasteiger partial charge is 0.384 e. The van der Waals surface area contributed by atoms with E-state index < -0.39 is 0 Å². The van der Waals surface area contributed by atoms with Crippen LogP contribution in [0, 0.1) is 13.8 Å². The van der Waals surface area contributed by atoms with Crippen molar-refractivity contribution in [3.05, 3.63) is 70.2 Å². The van der Waals surface area contributed by atoms with Gasteiger partial charge in [0.05, 0.1) is 5.69 Å². The van der Waals surface area contributed by atoms with Gasteiger partial charge in [-0.1, -0.05) is 11.2 Å². The molecule has 0 spiro atoms. The van der Waals surface area contributed by atoms with Crippen LogP contribution in [0.25, 0.3) is 0 Å². The predicted octanol–water partition coefficient (Wildman–Crippen LogP) is 3.50. The van der Waals surface area contributed by atoms with Crippen molar-refractivity contribution in [2.75, 3.05) is 17.2 Å². The maximum atomic E-state index is 12.7. The van der Waals surface area contributed by atoms with Crippen LogP contribution in [-0.2, 0) is 12.8 Å². The van der Waals surface area contributed by atoms with Crippen molar-refractivity contribution in [3.63, 3.8) is 0 Å². The molecule has 0 fully saturated rings. The Bertz CT molecular complexity index is 958. The Hall–Kier alpha value is -3.15. The molecule has 3 heterocycles. The highest BCUT2D eigenvalue weighted by Gasteiger charge is 2.19. The number of carbonyl (C=O) groups is 1. The van der Waals surface area contributed by atoms with E-state index in [0.29, 0.717) is 17.8 Å². The maximum Gasteiger partial charge on any atom is 0.257 e. The summed E-state index contributed by atoms with van der Waals surface area (Å²) in [6.07, 6.45) is 3.26. The van der Waals surface area contributed by atoms with Gasteiger partial charge in [0.15, 0.2) is 0 Å². The first kappa shape index (κ1) is 16.3.